The van der Waals surface area contributed by atoms with Crippen LogP contribution >= 0.6 is 23.6 Å². The van der Waals surface area contributed by atoms with Crippen LogP contribution in [0.5, 0.6) is 0 Å². The molecule has 0 radical (unpaired) electrons. The summed E-state index contributed by atoms with van der Waals surface area (Å²) in [7, 11) is 0. The monoisotopic (exact) mass is 181 g/mol. The molecule has 0 spiro atoms. The van der Waals surface area contributed by atoms with Crippen molar-refractivity contribution in [3.05, 3.63) is 28.5 Å². The molecular weight excluding hydrogens is 174 g/mol. The van der Waals surface area contributed by atoms with E-state index in [-0.39, 0.29) is 0 Å². The molecule has 1 aromatic rings. The number of isothiocyanates is 1. The van der Waals surface area contributed by atoms with Crippen LogP contribution < -0.4 is 0 Å². The first kappa shape index (κ1) is 8.34. The molecule has 0 aliphatic carbocycles. The highest BCUT2D eigenvalue weighted by atomic mass is 32.1. The van der Waals surface area contributed by atoms with Crippen LogP contribution in [0.25, 0.3) is 6.08 Å². The van der Waals surface area contributed by atoms with Gasteiger partial charge in [-0.3, -0.25) is 0 Å². The van der Waals surface area contributed by atoms with Crippen LogP contribution in [0.1, 0.15) is 4.88 Å². The standard InChI is InChI=1S/C8H7NS2/c10-7-9-5-1-3-8-4-2-6-11-8/h1-4,6H,5H2. The molecule has 1 rings (SSSR count). The number of aliphatic imine (C=N–C) groups is 1. The van der Waals surface area contributed by atoms with E-state index in [4.69, 9.17) is 0 Å². The van der Waals surface area contributed by atoms with Gasteiger partial charge in [-0.2, -0.15) is 0 Å². The fraction of sp³-hybridized carbons (Fsp3) is 0.125. The van der Waals surface area contributed by atoms with Gasteiger partial charge < -0.3 is 0 Å². The van der Waals surface area contributed by atoms with Gasteiger partial charge in [0.2, 0.25) is 0 Å². The second-order valence-electron chi connectivity index (χ2n) is 1.85. The van der Waals surface area contributed by atoms with E-state index in [9.17, 15) is 0 Å². The number of rotatable bonds is 3. The first-order chi connectivity index (χ1) is 5.43. The topological polar surface area (TPSA) is 12.4 Å². The number of thiophene rings is 1. The summed E-state index contributed by atoms with van der Waals surface area (Å²) in [6, 6.07) is 4.08. The average Bonchev–Trinajstić information content (AvgIpc) is 2.50. The Bertz CT molecular complexity index is 268. The Hall–Kier alpha value is -0.760. The lowest BCUT2D eigenvalue weighted by molar-refractivity contribution is 1.28. The molecule has 0 aliphatic rings. The lowest BCUT2D eigenvalue weighted by Gasteiger charge is -1.79. The Morgan fingerprint density at radius 2 is 2.64 bits per heavy atom. The molecule has 3 heteroatoms. The van der Waals surface area contributed by atoms with Crippen LogP contribution in [0.2, 0.25) is 0 Å². The van der Waals surface area contributed by atoms with Gasteiger partial charge in [0.1, 0.15) is 0 Å². The van der Waals surface area contributed by atoms with Crippen molar-refractivity contribution in [2.45, 2.75) is 0 Å². The van der Waals surface area contributed by atoms with Crippen LogP contribution in [-0.4, -0.2) is 11.7 Å². The Morgan fingerprint density at radius 1 is 1.73 bits per heavy atom. The third kappa shape index (κ3) is 3.23. The first-order valence-corrected chi connectivity index (χ1v) is 4.46. The van der Waals surface area contributed by atoms with Crippen molar-refractivity contribution in [1.82, 2.24) is 0 Å². The van der Waals surface area contributed by atoms with Crippen molar-refractivity contribution >= 4 is 34.8 Å². The quantitative estimate of drug-likeness (QED) is 0.516. The minimum absolute atomic E-state index is 0.626. The minimum Gasteiger partial charge on any atom is -0.228 e. The summed E-state index contributed by atoms with van der Waals surface area (Å²) in [5.41, 5.74) is 0. The van der Waals surface area contributed by atoms with Crippen LogP contribution in [-0.2, 0) is 0 Å². The molecule has 56 valence electrons. The van der Waals surface area contributed by atoms with E-state index in [1.807, 2.05) is 23.6 Å². The zero-order valence-electron chi connectivity index (χ0n) is 5.86. The summed E-state index contributed by atoms with van der Waals surface area (Å²) in [4.78, 5) is 4.99. The van der Waals surface area contributed by atoms with E-state index >= 15 is 0 Å². The molecule has 0 fully saturated rings. The van der Waals surface area contributed by atoms with E-state index in [1.54, 1.807) is 11.3 Å². The molecule has 1 nitrogen and oxygen atoms in total. The predicted molar refractivity (Wildman–Crippen MR) is 53.2 cm³/mol. The maximum Gasteiger partial charge on any atom is 0.0677 e. The third-order valence-electron chi connectivity index (χ3n) is 1.09. The largest absolute Gasteiger partial charge is 0.228 e. The average molecular weight is 181 g/mol. The smallest absolute Gasteiger partial charge is 0.0677 e. The van der Waals surface area contributed by atoms with Crippen molar-refractivity contribution in [2.75, 3.05) is 6.54 Å². The highest BCUT2D eigenvalue weighted by Crippen LogP contribution is 2.09. The predicted octanol–water partition coefficient (Wildman–Crippen LogP) is 2.86. The number of thiocarbonyl (C=S) groups is 1. The molecule has 0 N–H and O–H groups in total. The van der Waals surface area contributed by atoms with E-state index in [0.717, 1.165) is 0 Å². The van der Waals surface area contributed by atoms with E-state index in [1.165, 1.54) is 4.88 Å². The zero-order valence-corrected chi connectivity index (χ0v) is 7.49. The molecule has 0 unspecified atom stereocenters. The summed E-state index contributed by atoms with van der Waals surface area (Å²) >= 11 is 6.12. The van der Waals surface area contributed by atoms with Gasteiger partial charge in [-0.15, -0.1) is 11.3 Å². The van der Waals surface area contributed by atoms with Gasteiger partial charge >= 0.3 is 0 Å². The maximum atomic E-state index is 4.42. The summed E-state index contributed by atoms with van der Waals surface area (Å²) in [6.45, 7) is 0.626. The van der Waals surface area contributed by atoms with Crippen LogP contribution in [0, 0.1) is 0 Å². The number of hydrogen-bond acceptors (Lipinski definition) is 3. The maximum absolute atomic E-state index is 4.42. The molecule has 0 amide bonds. The Morgan fingerprint density at radius 3 is 3.27 bits per heavy atom. The second kappa shape index (κ2) is 4.97. The number of hydrogen-bond donors (Lipinski definition) is 0. The van der Waals surface area contributed by atoms with Gasteiger partial charge in [-0.1, -0.05) is 12.1 Å². The molecule has 0 bridgehead atoms. The van der Waals surface area contributed by atoms with Gasteiger partial charge in [0, 0.05) is 4.88 Å². The van der Waals surface area contributed by atoms with Gasteiger partial charge in [-0.25, -0.2) is 4.99 Å². The van der Waals surface area contributed by atoms with Crippen molar-refractivity contribution < 1.29 is 0 Å². The zero-order chi connectivity index (χ0) is 7.94. The fourth-order valence-electron chi connectivity index (χ4n) is 0.645. The molecule has 1 aromatic heterocycles. The van der Waals surface area contributed by atoms with Crippen molar-refractivity contribution in [2.24, 2.45) is 4.99 Å². The van der Waals surface area contributed by atoms with Gasteiger partial charge in [0.25, 0.3) is 0 Å². The van der Waals surface area contributed by atoms with Crippen LogP contribution in [0.15, 0.2) is 28.6 Å². The Labute approximate surface area is 75.1 Å². The van der Waals surface area contributed by atoms with Crippen molar-refractivity contribution in [1.29, 1.82) is 0 Å². The van der Waals surface area contributed by atoms with Crippen molar-refractivity contribution in [3.8, 4) is 0 Å². The molecule has 0 aromatic carbocycles. The van der Waals surface area contributed by atoms with Crippen LogP contribution in [0.4, 0.5) is 0 Å². The summed E-state index contributed by atoms with van der Waals surface area (Å²) in [6.07, 6.45) is 3.99. The fourth-order valence-corrected chi connectivity index (χ4v) is 1.37. The molecular formula is C8H7NS2. The molecule has 11 heavy (non-hydrogen) atoms. The molecule has 1 heterocycles. The Balaban J connectivity index is 2.42. The Kier molecular flexibility index (Phi) is 3.76. The SMILES string of the molecule is S=C=NCC=Cc1cccs1. The number of nitrogens with zero attached hydrogens (tertiary/aromatic N) is 1. The summed E-state index contributed by atoms with van der Waals surface area (Å²) < 4.78 is 0. The third-order valence-corrected chi connectivity index (χ3v) is 2.05. The minimum atomic E-state index is 0.626. The second-order valence-corrected chi connectivity index (χ2v) is 3.01. The van der Waals surface area contributed by atoms with E-state index in [0.29, 0.717) is 6.54 Å². The molecule has 0 aliphatic heterocycles. The van der Waals surface area contributed by atoms with E-state index in [2.05, 4.69) is 28.4 Å². The van der Waals surface area contributed by atoms with E-state index < -0.39 is 0 Å². The molecule has 0 saturated carbocycles. The highest BCUT2D eigenvalue weighted by molar-refractivity contribution is 7.78. The molecule has 0 atom stereocenters. The lowest BCUT2D eigenvalue weighted by atomic mass is 10.4. The summed E-state index contributed by atoms with van der Waals surface area (Å²) in [5, 5.41) is 4.35. The van der Waals surface area contributed by atoms with Gasteiger partial charge in [0.15, 0.2) is 0 Å². The van der Waals surface area contributed by atoms with Gasteiger partial charge in [0.05, 0.1) is 11.7 Å². The summed E-state index contributed by atoms with van der Waals surface area (Å²) in [5.74, 6) is 0. The van der Waals surface area contributed by atoms with Crippen LogP contribution in [0.3, 0.4) is 0 Å². The molecule has 0 saturated heterocycles. The van der Waals surface area contributed by atoms with Crippen molar-refractivity contribution in [3.63, 3.8) is 0 Å². The van der Waals surface area contributed by atoms with Gasteiger partial charge in [-0.05, 0) is 29.7 Å². The lowest BCUT2D eigenvalue weighted by Crippen LogP contribution is -1.67. The normalized spacial score (nSPS) is 9.82. The first-order valence-electron chi connectivity index (χ1n) is 3.17. The highest BCUT2D eigenvalue weighted by Gasteiger charge is 1.82.